The quantitative estimate of drug-likeness (QED) is 0.841. The molecule has 22 heavy (non-hydrogen) atoms. The Morgan fingerprint density at radius 1 is 1.27 bits per heavy atom. The highest BCUT2D eigenvalue weighted by molar-refractivity contribution is 5.88. The predicted molar refractivity (Wildman–Crippen MR) is 86.2 cm³/mol. The lowest BCUT2D eigenvalue weighted by atomic mass is 9.83. The number of amides is 1. The van der Waals surface area contributed by atoms with Gasteiger partial charge in [0, 0.05) is 25.7 Å². The molecule has 4 heteroatoms. The van der Waals surface area contributed by atoms with Crippen molar-refractivity contribution in [1.29, 1.82) is 0 Å². The van der Waals surface area contributed by atoms with Gasteiger partial charge in [-0.2, -0.15) is 0 Å². The Kier molecular flexibility index (Phi) is 4.90. The van der Waals surface area contributed by atoms with Crippen molar-refractivity contribution in [3.63, 3.8) is 0 Å². The van der Waals surface area contributed by atoms with Gasteiger partial charge < -0.3 is 10.0 Å². The molecule has 4 rings (SSSR count). The van der Waals surface area contributed by atoms with E-state index in [0.717, 1.165) is 12.1 Å². The summed E-state index contributed by atoms with van der Waals surface area (Å²) in [7, 11) is 0. The fourth-order valence-corrected chi connectivity index (χ4v) is 3.45. The van der Waals surface area contributed by atoms with E-state index in [1.165, 1.54) is 31.5 Å². The normalized spacial score (nSPS) is 25.4. The number of fused-ring (bicyclic) bond motifs is 3. The zero-order valence-corrected chi connectivity index (χ0v) is 12.9. The minimum atomic E-state index is -0.00268. The number of piperidine rings is 3. The summed E-state index contributed by atoms with van der Waals surface area (Å²) in [6, 6.07) is 9.95. The molecule has 118 valence electrons. The average Bonchev–Trinajstić information content (AvgIpc) is 2.56. The van der Waals surface area contributed by atoms with Crippen LogP contribution in [0.25, 0.3) is 0 Å². The van der Waals surface area contributed by atoms with Crippen molar-refractivity contribution < 1.29 is 9.90 Å². The average molecular weight is 300 g/mol. The molecule has 1 amide bonds. The van der Waals surface area contributed by atoms with Crippen LogP contribution in [-0.4, -0.2) is 53.6 Å². The number of aliphatic hydroxyl groups excluding tert-OH is 1. The van der Waals surface area contributed by atoms with Crippen molar-refractivity contribution in [2.24, 2.45) is 5.92 Å². The largest absolute Gasteiger partial charge is 0.395 e. The SMILES string of the molecule is O=C(/C=C1/CN2CCC1CC2)N(CCO)Cc1ccccc1. The van der Waals surface area contributed by atoms with Crippen molar-refractivity contribution in [2.75, 3.05) is 32.8 Å². The highest BCUT2D eigenvalue weighted by atomic mass is 16.3. The molecule has 0 aliphatic carbocycles. The summed E-state index contributed by atoms with van der Waals surface area (Å²) in [5, 5.41) is 9.25. The van der Waals surface area contributed by atoms with Gasteiger partial charge in [-0.15, -0.1) is 0 Å². The molecule has 0 spiro atoms. The fraction of sp³-hybridized carbons (Fsp3) is 0.500. The van der Waals surface area contributed by atoms with Crippen molar-refractivity contribution in [3.05, 3.63) is 47.5 Å². The first-order valence-corrected chi connectivity index (χ1v) is 8.13. The van der Waals surface area contributed by atoms with Crippen LogP contribution in [0.5, 0.6) is 0 Å². The third-order valence-electron chi connectivity index (χ3n) is 4.72. The van der Waals surface area contributed by atoms with Crippen LogP contribution in [0.15, 0.2) is 42.0 Å². The summed E-state index contributed by atoms with van der Waals surface area (Å²) in [6.07, 6.45) is 4.18. The minimum Gasteiger partial charge on any atom is -0.395 e. The molecule has 3 aliphatic rings. The monoisotopic (exact) mass is 300 g/mol. The second-order valence-corrected chi connectivity index (χ2v) is 6.24. The Morgan fingerprint density at radius 3 is 2.59 bits per heavy atom. The molecule has 0 atom stereocenters. The van der Waals surface area contributed by atoms with E-state index in [4.69, 9.17) is 0 Å². The topological polar surface area (TPSA) is 43.8 Å². The van der Waals surface area contributed by atoms with E-state index in [-0.39, 0.29) is 12.5 Å². The molecule has 4 nitrogen and oxygen atoms in total. The minimum absolute atomic E-state index is 0.00268. The lowest BCUT2D eigenvalue weighted by Gasteiger charge is -2.41. The maximum Gasteiger partial charge on any atom is 0.246 e. The molecule has 3 aliphatic heterocycles. The molecule has 0 saturated carbocycles. The smallest absolute Gasteiger partial charge is 0.246 e. The molecule has 3 heterocycles. The van der Waals surface area contributed by atoms with Crippen LogP contribution in [0.4, 0.5) is 0 Å². The third kappa shape index (κ3) is 3.57. The Hall–Kier alpha value is -1.65. The summed E-state index contributed by atoms with van der Waals surface area (Å²) in [5.41, 5.74) is 2.37. The molecule has 0 radical (unpaired) electrons. The fourth-order valence-electron chi connectivity index (χ4n) is 3.45. The van der Waals surface area contributed by atoms with E-state index in [1.54, 1.807) is 4.90 Å². The molecule has 0 aromatic heterocycles. The standard InChI is InChI=1S/C18H24N2O2/c21-11-10-20(13-15-4-2-1-3-5-15)18(22)12-17-14-19-8-6-16(17)7-9-19/h1-5,12,16,21H,6-11,13-14H2/b17-12-. The van der Waals surface area contributed by atoms with Crippen LogP contribution in [0.2, 0.25) is 0 Å². The third-order valence-corrected chi connectivity index (χ3v) is 4.72. The van der Waals surface area contributed by atoms with Crippen LogP contribution < -0.4 is 0 Å². The Balaban J connectivity index is 1.70. The molecule has 3 saturated heterocycles. The molecular weight excluding hydrogens is 276 g/mol. The van der Waals surface area contributed by atoms with E-state index in [9.17, 15) is 9.90 Å². The predicted octanol–water partition coefficient (Wildman–Crippen LogP) is 1.66. The summed E-state index contributed by atoms with van der Waals surface area (Å²) >= 11 is 0. The first-order valence-electron chi connectivity index (χ1n) is 8.13. The van der Waals surface area contributed by atoms with Gasteiger partial charge in [0.25, 0.3) is 0 Å². The van der Waals surface area contributed by atoms with Crippen molar-refractivity contribution >= 4 is 5.91 Å². The second-order valence-electron chi connectivity index (χ2n) is 6.24. The highest BCUT2D eigenvalue weighted by Crippen LogP contribution is 2.31. The number of carbonyl (C=O) groups is 1. The van der Waals surface area contributed by atoms with E-state index in [2.05, 4.69) is 4.90 Å². The van der Waals surface area contributed by atoms with Crippen LogP contribution in [0.3, 0.4) is 0 Å². The maximum absolute atomic E-state index is 12.6. The van der Waals surface area contributed by atoms with Crippen LogP contribution >= 0.6 is 0 Å². The van der Waals surface area contributed by atoms with Crippen molar-refractivity contribution in [3.8, 4) is 0 Å². The summed E-state index contributed by atoms with van der Waals surface area (Å²) in [5.74, 6) is 0.614. The number of nitrogens with zero attached hydrogens (tertiary/aromatic N) is 2. The highest BCUT2D eigenvalue weighted by Gasteiger charge is 2.30. The van der Waals surface area contributed by atoms with Gasteiger partial charge in [0.05, 0.1) is 6.61 Å². The van der Waals surface area contributed by atoms with Crippen molar-refractivity contribution in [2.45, 2.75) is 19.4 Å². The van der Waals surface area contributed by atoms with E-state index in [1.807, 2.05) is 36.4 Å². The molecule has 1 aromatic carbocycles. The number of carbonyl (C=O) groups excluding carboxylic acids is 1. The molecule has 3 fully saturated rings. The molecule has 0 unspecified atom stereocenters. The lowest BCUT2D eigenvalue weighted by Crippen LogP contribution is -2.43. The number of benzene rings is 1. The van der Waals surface area contributed by atoms with Gasteiger partial charge in [-0.05, 0) is 43.0 Å². The first kappa shape index (κ1) is 15.3. The molecule has 1 aromatic rings. The number of rotatable bonds is 5. The number of aliphatic hydroxyl groups is 1. The molecule has 1 N–H and O–H groups in total. The van der Waals surface area contributed by atoms with E-state index < -0.39 is 0 Å². The van der Waals surface area contributed by atoms with Gasteiger partial charge >= 0.3 is 0 Å². The van der Waals surface area contributed by atoms with Crippen LogP contribution in [-0.2, 0) is 11.3 Å². The summed E-state index contributed by atoms with van der Waals surface area (Å²) in [6.45, 7) is 4.21. The Labute approximate surface area is 132 Å². The van der Waals surface area contributed by atoms with Gasteiger partial charge in [-0.1, -0.05) is 30.3 Å². The van der Waals surface area contributed by atoms with Gasteiger partial charge in [0.1, 0.15) is 0 Å². The van der Waals surface area contributed by atoms with Gasteiger partial charge in [0.15, 0.2) is 0 Å². The summed E-state index contributed by atoms with van der Waals surface area (Å²) in [4.78, 5) is 16.8. The van der Waals surface area contributed by atoms with E-state index in [0.29, 0.717) is 19.0 Å². The van der Waals surface area contributed by atoms with Gasteiger partial charge in [-0.25, -0.2) is 0 Å². The van der Waals surface area contributed by atoms with Crippen molar-refractivity contribution in [1.82, 2.24) is 9.80 Å². The Bertz CT molecular complexity index is 533. The zero-order chi connectivity index (χ0) is 15.4. The summed E-state index contributed by atoms with van der Waals surface area (Å²) < 4.78 is 0. The number of hydrogen-bond donors (Lipinski definition) is 1. The van der Waals surface area contributed by atoms with Crippen LogP contribution in [0, 0.1) is 5.92 Å². The van der Waals surface area contributed by atoms with Gasteiger partial charge in [0.2, 0.25) is 5.91 Å². The zero-order valence-electron chi connectivity index (χ0n) is 12.9. The molecule has 2 bridgehead atoms. The van der Waals surface area contributed by atoms with Gasteiger partial charge in [-0.3, -0.25) is 9.69 Å². The first-order chi connectivity index (χ1) is 10.8. The Morgan fingerprint density at radius 2 is 2.00 bits per heavy atom. The second kappa shape index (κ2) is 7.07. The molecular formula is C18H24N2O2. The van der Waals surface area contributed by atoms with Crippen LogP contribution in [0.1, 0.15) is 18.4 Å². The lowest BCUT2D eigenvalue weighted by molar-refractivity contribution is -0.127. The van der Waals surface area contributed by atoms with E-state index >= 15 is 0 Å². The number of hydrogen-bond acceptors (Lipinski definition) is 3. The maximum atomic E-state index is 12.6.